The summed E-state index contributed by atoms with van der Waals surface area (Å²) < 4.78 is 0. The van der Waals surface area contributed by atoms with Gasteiger partial charge < -0.3 is 10.8 Å². The Kier molecular flexibility index (Phi) is 4.13. The summed E-state index contributed by atoms with van der Waals surface area (Å²) in [5.74, 6) is -0.733. The first-order chi connectivity index (χ1) is 6.72. The van der Waals surface area contributed by atoms with Crippen LogP contribution in [-0.2, 0) is 17.8 Å². The lowest BCUT2D eigenvalue weighted by atomic mass is 10.1. The molecule has 1 aromatic carbocycles. The number of carbonyl (C=O) groups is 1. The summed E-state index contributed by atoms with van der Waals surface area (Å²) >= 11 is 0. The van der Waals surface area contributed by atoms with Crippen molar-refractivity contribution in [3.63, 3.8) is 0 Å². The second kappa shape index (κ2) is 5.40. The summed E-state index contributed by atoms with van der Waals surface area (Å²) in [6, 6.07) is 7.97. The van der Waals surface area contributed by atoms with Crippen LogP contribution in [0.15, 0.2) is 24.3 Å². The second-order valence-corrected chi connectivity index (χ2v) is 3.27. The van der Waals surface area contributed by atoms with Gasteiger partial charge in [-0.05, 0) is 24.0 Å². The fraction of sp³-hybridized carbons (Fsp3) is 0.364. The van der Waals surface area contributed by atoms with Gasteiger partial charge in [0.1, 0.15) is 0 Å². The molecule has 0 fully saturated rings. The van der Waals surface area contributed by atoms with E-state index < -0.39 is 5.97 Å². The van der Waals surface area contributed by atoms with Crippen LogP contribution in [0.4, 0.5) is 0 Å². The predicted octanol–water partition coefficient (Wildman–Crippen LogP) is 1.55. The number of nitrogens with two attached hydrogens (primary N) is 1. The number of aliphatic carboxylic acids is 1. The van der Waals surface area contributed by atoms with Crippen LogP contribution in [0.25, 0.3) is 0 Å². The molecule has 3 heteroatoms. The Labute approximate surface area is 83.6 Å². The van der Waals surface area contributed by atoms with E-state index in [0.717, 1.165) is 12.0 Å². The summed E-state index contributed by atoms with van der Waals surface area (Å²) in [6.45, 7) is 0.551. The van der Waals surface area contributed by atoms with Gasteiger partial charge >= 0.3 is 5.97 Å². The molecule has 0 spiro atoms. The minimum atomic E-state index is -0.733. The molecule has 0 aliphatic heterocycles. The fourth-order valence-electron chi connectivity index (χ4n) is 1.29. The minimum absolute atomic E-state index is 0.235. The quantitative estimate of drug-likeness (QED) is 0.745. The lowest BCUT2D eigenvalue weighted by Crippen LogP contribution is -1.97. The summed E-state index contributed by atoms with van der Waals surface area (Å²) in [5, 5.41) is 8.46. The standard InChI is InChI=1S/C11H15NO2/c12-8-10-6-4-9(5-7-10)2-1-3-11(13)14/h4-7H,1-3,8,12H2,(H,13,14). The van der Waals surface area contributed by atoms with Gasteiger partial charge in [-0.1, -0.05) is 24.3 Å². The largest absolute Gasteiger partial charge is 0.481 e. The van der Waals surface area contributed by atoms with Crippen molar-refractivity contribution < 1.29 is 9.90 Å². The zero-order valence-corrected chi connectivity index (χ0v) is 8.07. The summed E-state index contributed by atoms with van der Waals surface area (Å²) in [6.07, 6.45) is 1.74. The van der Waals surface area contributed by atoms with Crippen molar-refractivity contribution in [2.24, 2.45) is 5.73 Å². The predicted molar refractivity (Wildman–Crippen MR) is 54.9 cm³/mol. The molecule has 3 nitrogen and oxygen atoms in total. The average molecular weight is 193 g/mol. The van der Waals surface area contributed by atoms with Gasteiger partial charge in [0.2, 0.25) is 0 Å². The Bertz CT molecular complexity index is 293. The molecule has 0 atom stereocenters. The lowest BCUT2D eigenvalue weighted by Gasteiger charge is -2.01. The number of hydrogen-bond acceptors (Lipinski definition) is 2. The molecule has 76 valence electrons. The highest BCUT2D eigenvalue weighted by molar-refractivity contribution is 5.66. The van der Waals surface area contributed by atoms with Crippen LogP contribution in [0.2, 0.25) is 0 Å². The van der Waals surface area contributed by atoms with Gasteiger partial charge in [0.05, 0.1) is 0 Å². The first-order valence-electron chi connectivity index (χ1n) is 4.72. The molecule has 0 unspecified atom stereocenters. The van der Waals surface area contributed by atoms with Crippen molar-refractivity contribution >= 4 is 5.97 Å². The first kappa shape index (κ1) is 10.7. The van der Waals surface area contributed by atoms with Crippen molar-refractivity contribution in [2.75, 3.05) is 0 Å². The SMILES string of the molecule is NCc1ccc(CCCC(=O)O)cc1. The highest BCUT2D eigenvalue weighted by Gasteiger charge is 1.98. The number of carboxylic acids is 1. The Morgan fingerprint density at radius 2 is 1.79 bits per heavy atom. The summed E-state index contributed by atoms with van der Waals surface area (Å²) in [7, 11) is 0. The highest BCUT2D eigenvalue weighted by atomic mass is 16.4. The maximum Gasteiger partial charge on any atom is 0.303 e. The van der Waals surface area contributed by atoms with E-state index in [9.17, 15) is 4.79 Å². The van der Waals surface area contributed by atoms with E-state index in [0.29, 0.717) is 13.0 Å². The molecule has 0 saturated heterocycles. The first-order valence-corrected chi connectivity index (χ1v) is 4.72. The molecule has 0 heterocycles. The molecule has 0 aliphatic carbocycles. The third-order valence-electron chi connectivity index (χ3n) is 2.11. The van der Waals surface area contributed by atoms with Crippen LogP contribution in [-0.4, -0.2) is 11.1 Å². The van der Waals surface area contributed by atoms with Gasteiger partial charge in [-0.25, -0.2) is 0 Å². The van der Waals surface area contributed by atoms with Crippen molar-refractivity contribution in [1.82, 2.24) is 0 Å². The van der Waals surface area contributed by atoms with Crippen LogP contribution in [0.1, 0.15) is 24.0 Å². The number of hydrogen-bond donors (Lipinski definition) is 2. The van der Waals surface area contributed by atoms with Crippen LogP contribution >= 0.6 is 0 Å². The smallest absolute Gasteiger partial charge is 0.303 e. The molecule has 1 aromatic rings. The molecule has 0 amide bonds. The molecule has 1 rings (SSSR count). The number of aryl methyl sites for hydroxylation is 1. The fourth-order valence-corrected chi connectivity index (χ4v) is 1.29. The number of rotatable bonds is 5. The van der Waals surface area contributed by atoms with Crippen LogP contribution in [0.5, 0.6) is 0 Å². The zero-order valence-electron chi connectivity index (χ0n) is 8.07. The van der Waals surface area contributed by atoms with Crippen LogP contribution in [0.3, 0.4) is 0 Å². The Morgan fingerprint density at radius 3 is 2.29 bits per heavy atom. The molecule has 3 N–H and O–H groups in total. The molecular weight excluding hydrogens is 178 g/mol. The number of carboxylic acid groups (broad SMARTS) is 1. The Morgan fingerprint density at radius 1 is 1.21 bits per heavy atom. The minimum Gasteiger partial charge on any atom is -0.481 e. The van der Waals surface area contributed by atoms with Crippen molar-refractivity contribution in [3.05, 3.63) is 35.4 Å². The molecule has 0 radical (unpaired) electrons. The van der Waals surface area contributed by atoms with Gasteiger partial charge in [0, 0.05) is 13.0 Å². The molecule has 0 saturated carbocycles. The third-order valence-corrected chi connectivity index (χ3v) is 2.11. The monoisotopic (exact) mass is 193 g/mol. The van der Waals surface area contributed by atoms with E-state index >= 15 is 0 Å². The third kappa shape index (κ3) is 3.58. The normalized spacial score (nSPS) is 10.1. The summed E-state index contributed by atoms with van der Waals surface area (Å²) in [5.41, 5.74) is 7.74. The average Bonchev–Trinajstić information content (AvgIpc) is 2.18. The van der Waals surface area contributed by atoms with Gasteiger partial charge in [-0.15, -0.1) is 0 Å². The Hall–Kier alpha value is -1.35. The van der Waals surface area contributed by atoms with Gasteiger partial charge in [0.25, 0.3) is 0 Å². The Balaban J connectivity index is 2.40. The molecule has 0 aromatic heterocycles. The summed E-state index contributed by atoms with van der Waals surface area (Å²) in [4.78, 5) is 10.3. The topological polar surface area (TPSA) is 63.3 Å². The molecular formula is C11H15NO2. The van der Waals surface area contributed by atoms with Gasteiger partial charge in [-0.3, -0.25) is 4.79 Å². The highest BCUT2D eigenvalue weighted by Crippen LogP contribution is 2.07. The van der Waals surface area contributed by atoms with E-state index in [1.54, 1.807) is 0 Å². The van der Waals surface area contributed by atoms with Crippen molar-refractivity contribution in [1.29, 1.82) is 0 Å². The lowest BCUT2D eigenvalue weighted by molar-refractivity contribution is -0.137. The van der Waals surface area contributed by atoms with Crippen molar-refractivity contribution in [2.45, 2.75) is 25.8 Å². The van der Waals surface area contributed by atoms with Gasteiger partial charge in [-0.2, -0.15) is 0 Å². The zero-order chi connectivity index (χ0) is 10.4. The van der Waals surface area contributed by atoms with E-state index in [4.69, 9.17) is 10.8 Å². The molecule has 0 bridgehead atoms. The van der Waals surface area contributed by atoms with Crippen LogP contribution in [0, 0.1) is 0 Å². The maximum absolute atomic E-state index is 10.3. The van der Waals surface area contributed by atoms with Crippen molar-refractivity contribution in [3.8, 4) is 0 Å². The second-order valence-electron chi connectivity index (χ2n) is 3.27. The van der Waals surface area contributed by atoms with E-state index in [2.05, 4.69) is 0 Å². The number of benzene rings is 1. The molecule has 14 heavy (non-hydrogen) atoms. The maximum atomic E-state index is 10.3. The van der Waals surface area contributed by atoms with E-state index in [1.807, 2.05) is 24.3 Å². The van der Waals surface area contributed by atoms with E-state index in [-0.39, 0.29) is 6.42 Å². The van der Waals surface area contributed by atoms with E-state index in [1.165, 1.54) is 5.56 Å². The molecule has 0 aliphatic rings. The van der Waals surface area contributed by atoms with Gasteiger partial charge in [0.15, 0.2) is 0 Å². The van der Waals surface area contributed by atoms with Crippen LogP contribution < -0.4 is 5.73 Å².